The van der Waals surface area contributed by atoms with Crippen molar-refractivity contribution in [3.63, 3.8) is 0 Å². The molecule has 1 saturated carbocycles. The van der Waals surface area contributed by atoms with Crippen LogP contribution in [0.5, 0.6) is 0 Å². The SMILES string of the molecule is C1=c2ccccc2=CC2(CCCCC2)O1. The number of ether oxygens (including phenoxy) is 1. The van der Waals surface area contributed by atoms with E-state index in [0.717, 1.165) is 0 Å². The maximum Gasteiger partial charge on any atom is 0.127 e. The second-order valence-electron chi connectivity index (χ2n) is 4.63. The van der Waals surface area contributed by atoms with Crippen molar-refractivity contribution in [2.45, 2.75) is 37.7 Å². The first-order valence-corrected chi connectivity index (χ1v) is 5.84. The molecule has 1 heterocycles. The number of hydrogen-bond acceptors (Lipinski definition) is 1. The normalized spacial score (nSPS) is 22.1. The van der Waals surface area contributed by atoms with E-state index >= 15 is 0 Å². The van der Waals surface area contributed by atoms with E-state index in [4.69, 9.17) is 4.74 Å². The third-order valence-corrected chi connectivity index (χ3v) is 3.54. The van der Waals surface area contributed by atoms with Crippen molar-refractivity contribution < 1.29 is 4.74 Å². The minimum atomic E-state index is 0.0204. The van der Waals surface area contributed by atoms with Gasteiger partial charge in [-0.05, 0) is 37.0 Å². The van der Waals surface area contributed by atoms with Crippen LogP contribution in [0.15, 0.2) is 24.3 Å². The van der Waals surface area contributed by atoms with Gasteiger partial charge >= 0.3 is 0 Å². The molecule has 1 nitrogen and oxygen atoms in total. The van der Waals surface area contributed by atoms with Gasteiger partial charge in [-0.15, -0.1) is 0 Å². The third-order valence-electron chi connectivity index (χ3n) is 3.54. The maximum absolute atomic E-state index is 5.95. The summed E-state index contributed by atoms with van der Waals surface area (Å²) < 4.78 is 5.95. The summed E-state index contributed by atoms with van der Waals surface area (Å²) in [7, 11) is 0. The second kappa shape index (κ2) is 3.41. The highest BCUT2D eigenvalue weighted by Gasteiger charge is 2.31. The zero-order valence-corrected chi connectivity index (χ0v) is 8.91. The summed E-state index contributed by atoms with van der Waals surface area (Å²) in [5.41, 5.74) is 0.0204. The molecule has 1 fully saturated rings. The highest BCUT2D eigenvalue weighted by Crippen LogP contribution is 2.33. The average molecular weight is 200 g/mol. The first-order chi connectivity index (χ1) is 7.38. The Morgan fingerprint density at radius 3 is 2.47 bits per heavy atom. The van der Waals surface area contributed by atoms with E-state index < -0.39 is 0 Å². The van der Waals surface area contributed by atoms with E-state index in [-0.39, 0.29) is 5.60 Å². The summed E-state index contributed by atoms with van der Waals surface area (Å²) in [5.74, 6) is 0. The molecule has 2 aliphatic rings. The van der Waals surface area contributed by atoms with E-state index in [1.165, 1.54) is 42.5 Å². The molecule has 1 aliphatic carbocycles. The van der Waals surface area contributed by atoms with Crippen LogP contribution in [0.3, 0.4) is 0 Å². The van der Waals surface area contributed by atoms with Crippen molar-refractivity contribution in [3.8, 4) is 0 Å². The number of hydrogen-bond donors (Lipinski definition) is 0. The molecular formula is C14H16O. The Balaban J connectivity index is 2.08. The highest BCUT2D eigenvalue weighted by atomic mass is 16.5. The average Bonchev–Trinajstić information content (AvgIpc) is 2.30. The van der Waals surface area contributed by atoms with Crippen molar-refractivity contribution in [2.24, 2.45) is 0 Å². The predicted octanol–water partition coefficient (Wildman–Crippen LogP) is 1.94. The largest absolute Gasteiger partial charge is 0.490 e. The van der Waals surface area contributed by atoms with Crippen LogP contribution in [0, 0.1) is 0 Å². The molecule has 1 heteroatoms. The van der Waals surface area contributed by atoms with Crippen molar-refractivity contribution in [1.29, 1.82) is 0 Å². The van der Waals surface area contributed by atoms with Gasteiger partial charge in [0.1, 0.15) is 5.60 Å². The number of rotatable bonds is 0. The van der Waals surface area contributed by atoms with Crippen LogP contribution < -0.4 is 10.4 Å². The van der Waals surface area contributed by atoms with Gasteiger partial charge in [-0.1, -0.05) is 30.7 Å². The molecule has 0 bridgehead atoms. The zero-order chi connectivity index (χ0) is 10.1. The standard InChI is InChI=1S/C14H16O/c1-4-8-14(9-5-1)10-12-6-2-3-7-13(12)11-15-14/h2-3,6-7,10-11H,1,4-5,8-9H2. The molecule has 3 rings (SSSR count). The van der Waals surface area contributed by atoms with Crippen LogP contribution in [0.25, 0.3) is 12.3 Å². The van der Waals surface area contributed by atoms with Gasteiger partial charge in [-0.3, -0.25) is 0 Å². The zero-order valence-electron chi connectivity index (χ0n) is 8.91. The Morgan fingerprint density at radius 2 is 1.67 bits per heavy atom. The van der Waals surface area contributed by atoms with Crippen molar-refractivity contribution >= 4 is 12.3 Å². The molecule has 0 unspecified atom stereocenters. The third kappa shape index (κ3) is 1.56. The van der Waals surface area contributed by atoms with Crippen molar-refractivity contribution in [3.05, 3.63) is 34.7 Å². The number of fused-ring (bicyclic) bond motifs is 1. The second-order valence-corrected chi connectivity index (χ2v) is 4.63. The Bertz CT molecular complexity index is 466. The lowest BCUT2D eigenvalue weighted by molar-refractivity contribution is 0.0708. The Labute approximate surface area is 90.1 Å². The summed E-state index contributed by atoms with van der Waals surface area (Å²) in [6, 6.07) is 8.46. The summed E-state index contributed by atoms with van der Waals surface area (Å²) >= 11 is 0. The van der Waals surface area contributed by atoms with Crippen molar-refractivity contribution in [1.82, 2.24) is 0 Å². The molecule has 0 aromatic heterocycles. The van der Waals surface area contributed by atoms with Crippen LogP contribution in [0.1, 0.15) is 32.1 Å². The molecule has 0 atom stereocenters. The highest BCUT2D eigenvalue weighted by molar-refractivity contribution is 5.42. The van der Waals surface area contributed by atoms with Crippen molar-refractivity contribution in [2.75, 3.05) is 0 Å². The summed E-state index contributed by atoms with van der Waals surface area (Å²) in [5, 5.41) is 2.55. The van der Waals surface area contributed by atoms with Gasteiger partial charge < -0.3 is 4.74 Å². The molecule has 1 spiro atoms. The molecule has 0 amide bonds. The maximum atomic E-state index is 5.95. The lowest BCUT2D eigenvalue weighted by Crippen LogP contribution is -2.40. The first-order valence-electron chi connectivity index (χ1n) is 5.84. The van der Waals surface area contributed by atoms with E-state index in [1.54, 1.807) is 0 Å². The van der Waals surface area contributed by atoms with E-state index in [1.807, 2.05) is 6.26 Å². The molecule has 1 aliphatic heterocycles. The summed E-state index contributed by atoms with van der Waals surface area (Å²) in [6.07, 6.45) is 10.6. The van der Waals surface area contributed by atoms with E-state index in [2.05, 4.69) is 30.3 Å². The van der Waals surface area contributed by atoms with Gasteiger partial charge in [-0.25, -0.2) is 0 Å². The Hall–Kier alpha value is -1.24. The fourth-order valence-electron chi connectivity index (χ4n) is 2.66. The smallest absolute Gasteiger partial charge is 0.127 e. The molecule has 1 aromatic rings. The lowest BCUT2D eigenvalue weighted by Gasteiger charge is -2.35. The van der Waals surface area contributed by atoms with E-state index in [0.29, 0.717) is 0 Å². The first kappa shape index (κ1) is 9.02. The van der Waals surface area contributed by atoms with Crippen LogP contribution in [0.2, 0.25) is 0 Å². The quantitative estimate of drug-likeness (QED) is 0.622. The molecular weight excluding hydrogens is 184 g/mol. The summed E-state index contributed by atoms with van der Waals surface area (Å²) in [6.45, 7) is 0. The van der Waals surface area contributed by atoms with Gasteiger partial charge in [0, 0.05) is 5.22 Å². The lowest BCUT2D eigenvalue weighted by atomic mass is 9.83. The minimum absolute atomic E-state index is 0.0204. The van der Waals surface area contributed by atoms with Gasteiger partial charge in [-0.2, -0.15) is 0 Å². The molecule has 0 N–H and O–H groups in total. The fourth-order valence-corrected chi connectivity index (χ4v) is 2.66. The van der Waals surface area contributed by atoms with Crippen LogP contribution in [-0.4, -0.2) is 5.60 Å². The Kier molecular flexibility index (Phi) is 2.05. The fraction of sp³-hybridized carbons (Fsp3) is 0.429. The molecule has 0 radical (unpaired) electrons. The monoisotopic (exact) mass is 200 g/mol. The molecule has 15 heavy (non-hydrogen) atoms. The Morgan fingerprint density at radius 1 is 0.933 bits per heavy atom. The van der Waals surface area contributed by atoms with Gasteiger partial charge in [0.2, 0.25) is 0 Å². The topological polar surface area (TPSA) is 9.23 Å². The van der Waals surface area contributed by atoms with Gasteiger partial charge in [0.25, 0.3) is 0 Å². The van der Waals surface area contributed by atoms with Crippen LogP contribution >= 0.6 is 0 Å². The minimum Gasteiger partial charge on any atom is -0.490 e. The van der Waals surface area contributed by atoms with Gasteiger partial charge in [0.15, 0.2) is 0 Å². The van der Waals surface area contributed by atoms with E-state index in [9.17, 15) is 0 Å². The molecule has 78 valence electrons. The predicted molar refractivity (Wildman–Crippen MR) is 61.5 cm³/mol. The van der Waals surface area contributed by atoms with Crippen LogP contribution in [-0.2, 0) is 4.74 Å². The molecule has 0 saturated heterocycles. The molecule has 1 aromatic carbocycles. The van der Waals surface area contributed by atoms with Crippen LogP contribution in [0.4, 0.5) is 0 Å². The summed E-state index contributed by atoms with van der Waals surface area (Å²) in [4.78, 5) is 0. The number of benzene rings is 1. The van der Waals surface area contributed by atoms with Gasteiger partial charge in [0.05, 0.1) is 6.26 Å².